The molecule has 0 aliphatic carbocycles. The molecule has 0 radical (unpaired) electrons. The largest absolute Gasteiger partial charge is 0.330 e. The van der Waals surface area contributed by atoms with Crippen molar-refractivity contribution in [2.24, 2.45) is 17.6 Å². The molecular weight excluding hydrogens is 252 g/mol. The van der Waals surface area contributed by atoms with Crippen LogP contribution in [0.2, 0.25) is 0 Å². The third-order valence-electron chi connectivity index (χ3n) is 4.54. The Bertz CT molecular complexity index is 315. The number of carbonyl (C=O) groups is 1. The van der Waals surface area contributed by atoms with Gasteiger partial charge in [-0.05, 0) is 31.2 Å². The molecule has 0 aromatic heterocycles. The van der Waals surface area contributed by atoms with E-state index in [0.29, 0.717) is 11.8 Å². The van der Waals surface area contributed by atoms with Crippen molar-refractivity contribution in [3.05, 3.63) is 0 Å². The first-order chi connectivity index (χ1) is 9.60. The Hall–Kier alpha value is -0.810. The number of rotatable bonds is 3. The molecule has 2 aliphatic heterocycles. The molecule has 2 atom stereocenters. The maximum atomic E-state index is 12.5. The summed E-state index contributed by atoms with van der Waals surface area (Å²) in [6.07, 6.45) is 2.41. The van der Waals surface area contributed by atoms with Crippen LogP contribution in [0, 0.1) is 11.8 Å². The van der Waals surface area contributed by atoms with Crippen LogP contribution in [-0.4, -0.2) is 73.1 Å². The second kappa shape index (κ2) is 7.27. The van der Waals surface area contributed by atoms with E-state index < -0.39 is 0 Å². The third kappa shape index (κ3) is 4.09. The summed E-state index contributed by atoms with van der Waals surface area (Å²) in [6.45, 7) is 11.8. The van der Waals surface area contributed by atoms with Crippen LogP contribution in [0.3, 0.4) is 0 Å². The highest BCUT2D eigenvalue weighted by atomic mass is 16.2. The lowest BCUT2D eigenvalue weighted by atomic mass is 10.0. The molecule has 0 aromatic carbocycles. The predicted molar refractivity (Wildman–Crippen MR) is 81.6 cm³/mol. The summed E-state index contributed by atoms with van der Waals surface area (Å²) in [6, 6.07) is 0.253. The Balaban J connectivity index is 1.76. The monoisotopic (exact) mass is 282 g/mol. The summed E-state index contributed by atoms with van der Waals surface area (Å²) in [7, 11) is 0. The van der Waals surface area contributed by atoms with Crippen LogP contribution in [0.5, 0.6) is 0 Å². The molecule has 2 rings (SSSR count). The van der Waals surface area contributed by atoms with Gasteiger partial charge >= 0.3 is 6.03 Å². The molecule has 0 bridgehead atoms. The lowest BCUT2D eigenvalue weighted by Gasteiger charge is -2.40. The van der Waals surface area contributed by atoms with Crippen molar-refractivity contribution in [3.63, 3.8) is 0 Å². The fraction of sp³-hybridized carbons (Fsp3) is 0.933. The Labute approximate surface area is 123 Å². The molecule has 2 aliphatic rings. The first-order valence-electron chi connectivity index (χ1n) is 8.06. The highest BCUT2D eigenvalue weighted by molar-refractivity contribution is 5.74. The SMILES string of the molecule is CC(CN)CN1CCN(C(=O)N2CCCC(C)C2)CC1. The van der Waals surface area contributed by atoms with Gasteiger partial charge in [-0.1, -0.05) is 13.8 Å². The first-order valence-corrected chi connectivity index (χ1v) is 8.06. The normalized spacial score (nSPS) is 26.6. The maximum absolute atomic E-state index is 12.5. The zero-order chi connectivity index (χ0) is 14.5. The van der Waals surface area contributed by atoms with Crippen LogP contribution < -0.4 is 5.73 Å². The maximum Gasteiger partial charge on any atom is 0.320 e. The van der Waals surface area contributed by atoms with Gasteiger partial charge in [0.2, 0.25) is 0 Å². The number of hydrogen-bond acceptors (Lipinski definition) is 3. The van der Waals surface area contributed by atoms with Gasteiger partial charge in [-0.25, -0.2) is 4.79 Å². The van der Waals surface area contributed by atoms with Crippen LogP contribution in [-0.2, 0) is 0 Å². The smallest absolute Gasteiger partial charge is 0.320 e. The van der Waals surface area contributed by atoms with Crippen LogP contribution in [0.4, 0.5) is 4.79 Å². The van der Waals surface area contributed by atoms with Crippen molar-refractivity contribution in [1.82, 2.24) is 14.7 Å². The number of nitrogens with zero attached hydrogens (tertiary/aromatic N) is 3. The van der Waals surface area contributed by atoms with Gasteiger partial charge in [0, 0.05) is 45.8 Å². The van der Waals surface area contributed by atoms with E-state index in [-0.39, 0.29) is 6.03 Å². The van der Waals surface area contributed by atoms with Gasteiger partial charge in [0.1, 0.15) is 0 Å². The van der Waals surface area contributed by atoms with Gasteiger partial charge in [-0.3, -0.25) is 4.90 Å². The molecule has 0 spiro atoms. The predicted octanol–water partition coefficient (Wildman–Crippen LogP) is 1.05. The number of hydrogen-bond donors (Lipinski definition) is 1. The van der Waals surface area contributed by atoms with Crippen LogP contribution in [0.1, 0.15) is 26.7 Å². The fourth-order valence-electron chi connectivity index (χ4n) is 3.20. The first kappa shape index (κ1) is 15.6. The van der Waals surface area contributed by atoms with Crippen LogP contribution in [0.25, 0.3) is 0 Å². The van der Waals surface area contributed by atoms with Gasteiger partial charge in [0.25, 0.3) is 0 Å². The molecule has 20 heavy (non-hydrogen) atoms. The van der Waals surface area contributed by atoms with E-state index in [1.54, 1.807) is 0 Å². The molecule has 0 saturated carbocycles. The van der Waals surface area contributed by atoms with Crippen molar-refractivity contribution in [1.29, 1.82) is 0 Å². The quantitative estimate of drug-likeness (QED) is 0.842. The third-order valence-corrected chi connectivity index (χ3v) is 4.54. The number of nitrogens with two attached hydrogens (primary N) is 1. The summed E-state index contributed by atoms with van der Waals surface area (Å²) in [5.41, 5.74) is 5.68. The average molecular weight is 282 g/mol. The van der Waals surface area contributed by atoms with Gasteiger partial charge in [0.15, 0.2) is 0 Å². The van der Waals surface area contributed by atoms with E-state index >= 15 is 0 Å². The topological polar surface area (TPSA) is 52.8 Å². The summed E-state index contributed by atoms with van der Waals surface area (Å²) in [4.78, 5) is 19.0. The lowest BCUT2D eigenvalue weighted by Crippen LogP contribution is -2.54. The molecule has 5 heteroatoms. The molecule has 2 fully saturated rings. The number of urea groups is 1. The second-order valence-electron chi connectivity index (χ2n) is 6.60. The van der Waals surface area contributed by atoms with Gasteiger partial charge in [-0.2, -0.15) is 0 Å². The van der Waals surface area contributed by atoms with E-state index in [1.807, 2.05) is 9.80 Å². The number of amides is 2. The Morgan fingerprint density at radius 1 is 1.20 bits per heavy atom. The molecule has 2 N–H and O–H groups in total. The number of carbonyl (C=O) groups excluding carboxylic acids is 1. The Morgan fingerprint density at radius 3 is 2.50 bits per heavy atom. The van der Waals surface area contributed by atoms with Gasteiger partial charge in [-0.15, -0.1) is 0 Å². The number of likely N-dealkylation sites (tertiary alicyclic amines) is 1. The average Bonchev–Trinajstić information content (AvgIpc) is 2.47. The zero-order valence-electron chi connectivity index (χ0n) is 13.1. The summed E-state index contributed by atoms with van der Waals surface area (Å²) < 4.78 is 0. The zero-order valence-corrected chi connectivity index (χ0v) is 13.1. The highest BCUT2D eigenvalue weighted by Gasteiger charge is 2.28. The van der Waals surface area contributed by atoms with E-state index in [2.05, 4.69) is 18.7 Å². The summed E-state index contributed by atoms with van der Waals surface area (Å²) >= 11 is 0. The van der Waals surface area contributed by atoms with Crippen LogP contribution >= 0.6 is 0 Å². The number of piperidine rings is 1. The van der Waals surface area contributed by atoms with Crippen molar-refractivity contribution in [2.45, 2.75) is 26.7 Å². The molecule has 0 aromatic rings. The Kier molecular flexibility index (Phi) is 5.66. The molecule has 2 amide bonds. The van der Waals surface area contributed by atoms with Gasteiger partial charge < -0.3 is 15.5 Å². The summed E-state index contributed by atoms with van der Waals surface area (Å²) in [5, 5.41) is 0. The highest BCUT2D eigenvalue weighted by Crippen LogP contribution is 2.17. The molecular formula is C15H30N4O. The van der Waals surface area contributed by atoms with Crippen LogP contribution in [0.15, 0.2) is 0 Å². The van der Waals surface area contributed by atoms with Crippen molar-refractivity contribution in [2.75, 3.05) is 52.4 Å². The van der Waals surface area contributed by atoms with Crippen molar-refractivity contribution >= 4 is 6.03 Å². The van der Waals surface area contributed by atoms with E-state index in [4.69, 9.17) is 5.73 Å². The minimum absolute atomic E-state index is 0.253. The molecule has 2 saturated heterocycles. The second-order valence-corrected chi connectivity index (χ2v) is 6.60. The minimum Gasteiger partial charge on any atom is -0.330 e. The minimum atomic E-state index is 0.253. The van der Waals surface area contributed by atoms with Gasteiger partial charge in [0.05, 0.1) is 0 Å². The fourth-order valence-corrected chi connectivity index (χ4v) is 3.20. The van der Waals surface area contributed by atoms with Crippen molar-refractivity contribution < 1.29 is 4.79 Å². The molecule has 2 heterocycles. The molecule has 116 valence electrons. The van der Waals surface area contributed by atoms with E-state index in [0.717, 1.165) is 58.8 Å². The lowest BCUT2D eigenvalue weighted by molar-refractivity contribution is 0.0956. The van der Waals surface area contributed by atoms with E-state index in [9.17, 15) is 4.79 Å². The number of piperazine rings is 1. The van der Waals surface area contributed by atoms with E-state index in [1.165, 1.54) is 6.42 Å². The van der Waals surface area contributed by atoms with Crippen molar-refractivity contribution in [3.8, 4) is 0 Å². The Morgan fingerprint density at radius 2 is 1.90 bits per heavy atom. The summed E-state index contributed by atoms with van der Waals surface area (Å²) in [5.74, 6) is 1.19. The molecule has 5 nitrogen and oxygen atoms in total. The molecule has 2 unspecified atom stereocenters. The standard InChI is InChI=1S/C15H30N4O/c1-13-4-3-5-19(12-13)15(20)18-8-6-17(7-9-18)11-14(2)10-16/h13-14H,3-12,16H2,1-2H3.